The Kier molecular flexibility index (Phi) is 5.45. The maximum atomic E-state index is 5.87. The summed E-state index contributed by atoms with van der Waals surface area (Å²) in [7, 11) is 0. The summed E-state index contributed by atoms with van der Waals surface area (Å²) in [4.78, 5) is 11.2. The molecule has 4 aromatic rings. The van der Waals surface area contributed by atoms with Crippen LogP contribution < -0.4 is 10.2 Å². The second kappa shape index (κ2) is 8.55. The standard InChI is InChI=1S/C26H25N5S/c1-3-19-10-12-20(13-11-19)31-25(24(29-26(31)32)22-8-4-5-16-28-22)23-14-9-18(2)30(23)21-7-6-15-27-17-21/h4-17,24-25H,3H2,1-2H3,(H,29,32)/t24-,25+/m0/s1. The third-order valence-corrected chi connectivity index (χ3v) is 6.35. The lowest BCUT2D eigenvalue weighted by atomic mass is 10.0. The molecule has 1 aliphatic heterocycles. The summed E-state index contributed by atoms with van der Waals surface area (Å²) in [6.07, 6.45) is 6.53. The second-order valence-electron chi connectivity index (χ2n) is 7.96. The molecule has 0 amide bonds. The fourth-order valence-electron chi connectivity index (χ4n) is 4.45. The van der Waals surface area contributed by atoms with E-state index in [1.807, 2.05) is 30.6 Å². The summed E-state index contributed by atoms with van der Waals surface area (Å²) >= 11 is 5.87. The van der Waals surface area contributed by atoms with Gasteiger partial charge in [-0.15, -0.1) is 0 Å². The van der Waals surface area contributed by atoms with E-state index < -0.39 is 0 Å². The van der Waals surface area contributed by atoms with Crippen molar-refractivity contribution in [1.82, 2.24) is 19.9 Å². The number of nitrogens with zero attached hydrogens (tertiary/aromatic N) is 4. The molecular formula is C26H25N5S. The van der Waals surface area contributed by atoms with Crippen LogP contribution in [0.2, 0.25) is 0 Å². The molecule has 0 radical (unpaired) electrons. The first-order valence-electron chi connectivity index (χ1n) is 10.9. The van der Waals surface area contributed by atoms with Crippen LogP contribution >= 0.6 is 12.2 Å². The van der Waals surface area contributed by atoms with E-state index in [2.05, 4.69) is 87.1 Å². The summed E-state index contributed by atoms with van der Waals surface area (Å²) in [5.74, 6) is 0. The number of benzene rings is 1. The number of anilines is 1. The lowest BCUT2D eigenvalue weighted by Gasteiger charge is -2.29. The molecule has 1 saturated heterocycles. The summed E-state index contributed by atoms with van der Waals surface area (Å²) in [6, 6.07) is 22.9. The molecule has 1 fully saturated rings. The van der Waals surface area contributed by atoms with Gasteiger partial charge in [-0.1, -0.05) is 25.1 Å². The van der Waals surface area contributed by atoms with Gasteiger partial charge in [0.15, 0.2) is 5.11 Å². The molecule has 5 nitrogen and oxygen atoms in total. The van der Waals surface area contributed by atoms with Crippen molar-refractivity contribution in [2.24, 2.45) is 0 Å². The molecule has 2 atom stereocenters. The number of aryl methyl sites for hydroxylation is 2. The molecule has 0 spiro atoms. The Morgan fingerprint density at radius 3 is 2.47 bits per heavy atom. The highest BCUT2D eigenvalue weighted by atomic mass is 32.1. The normalized spacial score (nSPS) is 18.1. The number of hydrogen-bond acceptors (Lipinski definition) is 3. The average Bonchev–Trinajstić information content (AvgIpc) is 3.39. The smallest absolute Gasteiger partial charge is 0.174 e. The van der Waals surface area contributed by atoms with Crippen molar-refractivity contribution in [3.05, 3.63) is 108 Å². The first kappa shape index (κ1) is 20.4. The van der Waals surface area contributed by atoms with Crippen LogP contribution in [0.5, 0.6) is 0 Å². The minimum atomic E-state index is -0.0840. The minimum absolute atomic E-state index is 0.0706. The molecule has 0 unspecified atom stereocenters. The van der Waals surface area contributed by atoms with E-state index in [1.54, 1.807) is 6.20 Å². The Morgan fingerprint density at radius 1 is 0.938 bits per heavy atom. The lowest BCUT2D eigenvalue weighted by Crippen LogP contribution is -2.30. The van der Waals surface area contributed by atoms with Gasteiger partial charge in [-0.2, -0.15) is 0 Å². The molecule has 32 heavy (non-hydrogen) atoms. The molecular weight excluding hydrogens is 414 g/mol. The van der Waals surface area contributed by atoms with Crippen LogP contribution in [0.15, 0.2) is 85.3 Å². The van der Waals surface area contributed by atoms with Gasteiger partial charge in [0.25, 0.3) is 0 Å². The Morgan fingerprint density at radius 2 is 1.78 bits per heavy atom. The van der Waals surface area contributed by atoms with Gasteiger partial charge < -0.3 is 14.8 Å². The Labute approximate surface area is 193 Å². The summed E-state index contributed by atoms with van der Waals surface area (Å²) in [5.41, 5.74) is 6.65. The van der Waals surface area contributed by atoms with Gasteiger partial charge in [0.2, 0.25) is 0 Å². The third kappa shape index (κ3) is 3.56. The maximum absolute atomic E-state index is 5.87. The largest absolute Gasteiger partial charge is 0.351 e. The number of pyridine rings is 2. The van der Waals surface area contributed by atoms with Gasteiger partial charge in [0, 0.05) is 29.5 Å². The molecule has 6 heteroatoms. The third-order valence-electron chi connectivity index (χ3n) is 6.03. The summed E-state index contributed by atoms with van der Waals surface area (Å²) in [5, 5.41) is 4.25. The topological polar surface area (TPSA) is 46.0 Å². The zero-order valence-corrected chi connectivity index (χ0v) is 19.0. The minimum Gasteiger partial charge on any atom is -0.351 e. The quantitative estimate of drug-likeness (QED) is 0.427. The Balaban J connectivity index is 1.68. The Hall–Kier alpha value is -3.51. The fourth-order valence-corrected chi connectivity index (χ4v) is 4.80. The highest BCUT2D eigenvalue weighted by molar-refractivity contribution is 7.80. The molecule has 0 bridgehead atoms. The van der Waals surface area contributed by atoms with E-state index in [9.17, 15) is 0 Å². The van der Waals surface area contributed by atoms with E-state index >= 15 is 0 Å². The molecule has 0 saturated carbocycles. The van der Waals surface area contributed by atoms with Crippen LogP contribution in [-0.4, -0.2) is 19.6 Å². The first-order valence-corrected chi connectivity index (χ1v) is 11.3. The van der Waals surface area contributed by atoms with E-state index in [0.717, 1.165) is 34.9 Å². The van der Waals surface area contributed by atoms with Crippen molar-refractivity contribution >= 4 is 23.0 Å². The number of aromatic nitrogens is 3. The van der Waals surface area contributed by atoms with Crippen molar-refractivity contribution in [2.45, 2.75) is 32.4 Å². The van der Waals surface area contributed by atoms with Crippen molar-refractivity contribution < 1.29 is 0 Å². The SMILES string of the molecule is CCc1ccc(N2C(=S)N[C@@H](c3ccccn3)[C@H]2c2ccc(C)n2-c2cccnc2)cc1. The lowest BCUT2D eigenvalue weighted by molar-refractivity contribution is 0.548. The zero-order chi connectivity index (χ0) is 22.1. The molecule has 5 rings (SSSR count). The van der Waals surface area contributed by atoms with E-state index in [1.165, 1.54) is 5.56 Å². The second-order valence-corrected chi connectivity index (χ2v) is 8.35. The van der Waals surface area contributed by atoms with Gasteiger partial charge in [-0.05, 0) is 79.7 Å². The van der Waals surface area contributed by atoms with Crippen molar-refractivity contribution in [1.29, 1.82) is 0 Å². The van der Waals surface area contributed by atoms with Gasteiger partial charge in [0.05, 0.1) is 23.6 Å². The molecule has 3 aromatic heterocycles. The van der Waals surface area contributed by atoms with Crippen LogP contribution in [-0.2, 0) is 6.42 Å². The van der Waals surface area contributed by atoms with Crippen LogP contribution in [0.25, 0.3) is 5.69 Å². The van der Waals surface area contributed by atoms with Gasteiger partial charge in [-0.3, -0.25) is 9.97 Å². The molecule has 160 valence electrons. The van der Waals surface area contributed by atoms with Crippen molar-refractivity contribution in [3.8, 4) is 5.69 Å². The highest BCUT2D eigenvalue weighted by Gasteiger charge is 2.42. The predicted molar refractivity (Wildman–Crippen MR) is 132 cm³/mol. The molecule has 0 aliphatic carbocycles. The van der Waals surface area contributed by atoms with Crippen LogP contribution in [0.1, 0.15) is 41.7 Å². The number of hydrogen-bond donors (Lipinski definition) is 1. The number of nitrogens with one attached hydrogen (secondary N) is 1. The van der Waals surface area contributed by atoms with E-state index in [-0.39, 0.29) is 12.1 Å². The zero-order valence-electron chi connectivity index (χ0n) is 18.1. The molecule has 1 aromatic carbocycles. The molecule has 1 aliphatic rings. The van der Waals surface area contributed by atoms with Gasteiger partial charge in [-0.25, -0.2) is 0 Å². The summed E-state index contributed by atoms with van der Waals surface area (Å²) < 4.78 is 2.26. The van der Waals surface area contributed by atoms with Crippen LogP contribution in [0, 0.1) is 6.92 Å². The highest BCUT2D eigenvalue weighted by Crippen LogP contribution is 2.42. The van der Waals surface area contributed by atoms with Gasteiger partial charge >= 0.3 is 0 Å². The van der Waals surface area contributed by atoms with E-state index in [0.29, 0.717) is 5.11 Å². The van der Waals surface area contributed by atoms with Crippen LogP contribution in [0.3, 0.4) is 0 Å². The maximum Gasteiger partial charge on any atom is 0.174 e. The number of thiocarbonyl (C=S) groups is 1. The summed E-state index contributed by atoms with van der Waals surface area (Å²) in [6.45, 7) is 4.29. The van der Waals surface area contributed by atoms with E-state index in [4.69, 9.17) is 12.2 Å². The van der Waals surface area contributed by atoms with Crippen LogP contribution in [0.4, 0.5) is 5.69 Å². The molecule has 1 N–H and O–H groups in total. The average molecular weight is 440 g/mol. The Bertz CT molecular complexity index is 1220. The van der Waals surface area contributed by atoms with Crippen molar-refractivity contribution in [3.63, 3.8) is 0 Å². The monoisotopic (exact) mass is 439 g/mol. The number of rotatable bonds is 5. The van der Waals surface area contributed by atoms with Crippen molar-refractivity contribution in [2.75, 3.05) is 4.90 Å². The molecule has 4 heterocycles. The first-order chi connectivity index (χ1) is 15.7. The van der Waals surface area contributed by atoms with Gasteiger partial charge in [0.1, 0.15) is 6.04 Å². The fraction of sp³-hybridized carbons (Fsp3) is 0.192. The predicted octanol–water partition coefficient (Wildman–Crippen LogP) is 5.32.